The summed E-state index contributed by atoms with van der Waals surface area (Å²) in [4.78, 5) is 0. The number of halogens is 1. The highest BCUT2D eigenvalue weighted by atomic mass is 35.6. The van der Waals surface area contributed by atoms with Crippen LogP contribution < -0.4 is 4.74 Å². The Balaban J connectivity index is 3.01. The summed E-state index contributed by atoms with van der Waals surface area (Å²) >= 11 is 0.0107. The van der Waals surface area contributed by atoms with Crippen molar-refractivity contribution in [3.63, 3.8) is 0 Å². The largest absolute Gasteiger partial charge is 0.494 e. The molecule has 0 unspecified atom stereocenters. The van der Waals surface area contributed by atoms with Crippen LogP contribution in [0.4, 0.5) is 0 Å². The van der Waals surface area contributed by atoms with E-state index in [9.17, 15) is 0 Å². The van der Waals surface area contributed by atoms with Gasteiger partial charge in [0.1, 0.15) is 5.75 Å². The maximum absolute atomic E-state index is 5.97. The van der Waals surface area contributed by atoms with E-state index in [-0.39, 0.29) is 14.3 Å². The van der Waals surface area contributed by atoms with Gasteiger partial charge in [0.25, 0.3) is 0 Å². The zero-order valence-corrected chi connectivity index (χ0v) is 13.1. The molecular formula is C14H21AlClO. The number of para-hydroxylation sites is 1. The summed E-state index contributed by atoms with van der Waals surface area (Å²) < 4.78 is 5.97. The summed E-state index contributed by atoms with van der Waals surface area (Å²) in [6.45, 7) is 9.57. The maximum Gasteiger partial charge on any atom is 0.359 e. The van der Waals surface area contributed by atoms with Crippen LogP contribution in [0.25, 0.3) is 0 Å². The predicted octanol–water partition coefficient (Wildman–Crippen LogP) is 4.59. The summed E-state index contributed by atoms with van der Waals surface area (Å²) in [6, 6.07) is 6.46. The summed E-state index contributed by atoms with van der Waals surface area (Å²) in [5.41, 5.74) is 2.61. The Morgan fingerprint density at radius 1 is 1.12 bits per heavy atom. The highest BCUT2D eigenvalue weighted by Gasteiger charge is 2.14. The second-order valence-corrected chi connectivity index (χ2v) is 6.68. The first-order valence-corrected chi connectivity index (χ1v) is 8.81. The van der Waals surface area contributed by atoms with E-state index in [1.54, 1.807) is 0 Å². The summed E-state index contributed by atoms with van der Waals surface area (Å²) in [7, 11) is 5.78. The van der Waals surface area contributed by atoms with Gasteiger partial charge in [-0.3, -0.25) is 10.0 Å². The van der Waals surface area contributed by atoms with Gasteiger partial charge in [0, 0.05) is 0 Å². The van der Waals surface area contributed by atoms with Gasteiger partial charge in [-0.15, -0.1) is 0 Å². The number of rotatable bonds is 6. The fourth-order valence-corrected chi connectivity index (χ4v) is 2.33. The number of hydrogen-bond acceptors (Lipinski definition) is 1. The molecule has 0 fully saturated rings. The van der Waals surface area contributed by atoms with Crippen LogP contribution in [-0.4, -0.2) is 20.9 Å². The smallest absolute Gasteiger partial charge is 0.359 e. The Bertz CT molecular complexity index is 324. The van der Waals surface area contributed by atoms with Crippen molar-refractivity contribution in [1.29, 1.82) is 0 Å². The Morgan fingerprint density at radius 2 is 1.65 bits per heavy atom. The van der Waals surface area contributed by atoms with E-state index in [4.69, 9.17) is 14.8 Å². The molecule has 0 N–H and O–H groups in total. The molecule has 0 aromatic heterocycles. The minimum Gasteiger partial charge on any atom is -0.494 e. The van der Waals surface area contributed by atoms with Gasteiger partial charge in [-0.1, -0.05) is 51.2 Å². The molecule has 0 amide bonds. The number of benzene rings is 1. The normalized spacial score (nSPS) is 11.0. The summed E-state index contributed by atoms with van der Waals surface area (Å²) in [5.74, 6) is 2.07. The monoisotopic (exact) mass is 267 g/mol. The molecule has 0 aliphatic rings. The molecule has 0 aliphatic heterocycles. The van der Waals surface area contributed by atoms with E-state index < -0.39 is 0 Å². The molecule has 1 nitrogen and oxygen atoms in total. The van der Waals surface area contributed by atoms with E-state index >= 15 is 0 Å². The third kappa shape index (κ3) is 4.21. The Morgan fingerprint density at radius 3 is 2.06 bits per heavy atom. The van der Waals surface area contributed by atoms with Gasteiger partial charge in [-0.25, -0.2) is 0 Å². The zero-order chi connectivity index (χ0) is 12.8. The highest BCUT2D eigenvalue weighted by Crippen LogP contribution is 2.34. The van der Waals surface area contributed by atoms with Crippen molar-refractivity contribution in [2.24, 2.45) is 0 Å². The molecule has 3 heteroatoms. The SMILES string of the molecule is CC(C)c1cccc(C(C)C)c1OC[CH2][Al][Cl]. The third-order valence-corrected chi connectivity index (χ3v) is 3.90. The molecule has 1 aromatic carbocycles. The van der Waals surface area contributed by atoms with Crippen LogP contribution in [0.1, 0.15) is 50.7 Å². The van der Waals surface area contributed by atoms with Crippen molar-refractivity contribution in [1.82, 2.24) is 0 Å². The first kappa shape index (κ1) is 14.9. The lowest BCUT2D eigenvalue weighted by Gasteiger charge is -2.19. The fraction of sp³-hybridized carbons (Fsp3) is 0.571. The topological polar surface area (TPSA) is 9.23 Å². The third-order valence-electron chi connectivity index (χ3n) is 2.79. The molecule has 0 aliphatic carbocycles. The lowest BCUT2D eigenvalue weighted by atomic mass is 9.94. The number of ether oxygens (including phenoxy) is 1. The highest BCUT2D eigenvalue weighted by molar-refractivity contribution is 6.93. The van der Waals surface area contributed by atoms with Gasteiger partial charge >= 0.3 is 14.3 Å². The van der Waals surface area contributed by atoms with Crippen LogP contribution in [0.2, 0.25) is 5.28 Å². The summed E-state index contributed by atoms with van der Waals surface area (Å²) in [5, 5.41) is 0.978. The van der Waals surface area contributed by atoms with E-state index in [1.165, 1.54) is 11.1 Å². The molecule has 1 aromatic rings. The molecular weight excluding hydrogens is 247 g/mol. The van der Waals surface area contributed by atoms with Crippen molar-refractivity contribution < 1.29 is 4.74 Å². The first-order chi connectivity index (χ1) is 8.07. The molecule has 0 spiro atoms. The van der Waals surface area contributed by atoms with Crippen LogP contribution >= 0.6 is 10.0 Å². The van der Waals surface area contributed by atoms with Gasteiger partial charge in [-0.2, -0.15) is 0 Å². The standard InChI is InChI=1S/C14H21O.Al.ClH/c1-6-15-14-12(10(2)3)8-7-9-13(14)11(4)5;;/h7-11H,1,6H2,2-5H3;;1H/q;+1;/p-1. The van der Waals surface area contributed by atoms with Gasteiger partial charge in [0.2, 0.25) is 0 Å². The lowest BCUT2D eigenvalue weighted by molar-refractivity contribution is 0.330. The van der Waals surface area contributed by atoms with Crippen molar-refractivity contribution in [2.75, 3.05) is 6.61 Å². The Labute approximate surface area is 115 Å². The van der Waals surface area contributed by atoms with Crippen LogP contribution in [0, 0.1) is 0 Å². The van der Waals surface area contributed by atoms with Crippen LogP contribution in [0.3, 0.4) is 0 Å². The van der Waals surface area contributed by atoms with Gasteiger partial charge in [-0.05, 0) is 23.0 Å². The second-order valence-electron chi connectivity index (χ2n) is 4.87. The molecule has 0 atom stereocenters. The zero-order valence-electron chi connectivity index (χ0n) is 11.2. The fourth-order valence-electron chi connectivity index (χ4n) is 1.85. The second kappa shape index (κ2) is 7.32. The van der Waals surface area contributed by atoms with Crippen molar-refractivity contribution >= 4 is 24.3 Å². The molecule has 1 rings (SSSR count). The quantitative estimate of drug-likeness (QED) is 0.541. The Hall–Kier alpha value is -0.158. The minimum atomic E-state index is 0.0107. The van der Waals surface area contributed by atoms with E-state index in [1.807, 2.05) is 0 Å². The molecule has 93 valence electrons. The average Bonchev–Trinajstić information content (AvgIpc) is 2.28. The molecule has 1 radical (unpaired) electrons. The van der Waals surface area contributed by atoms with Gasteiger partial charge < -0.3 is 4.74 Å². The van der Waals surface area contributed by atoms with E-state index in [2.05, 4.69) is 45.9 Å². The average molecular weight is 268 g/mol. The molecule has 17 heavy (non-hydrogen) atoms. The van der Waals surface area contributed by atoms with Gasteiger partial charge in [0.05, 0.1) is 6.61 Å². The lowest BCUT2D eigenvalue weighted by Crippen LogP contribution is -2.06. The number of hydrogen-bond donors (Lipinski definition) is 0. The van der Waals surface area contributed by atoms with Crippen LogP contribution in [-0.2, 0) is 0 Å². The van der Waals surface area contributed by atoms with Gasteiger partial charge in [0.15, 0.2) is 0 Å². The molecule has 0 saturated heterocycles. The van der Waals surface area contributed by atoms with Crippen LogP contribution in [0.15, 0.2) is 18.2 Å². The molecule has 0 heterocycles. The minimum absolute atomic E-state index is 0.0107. The van der Waals surface area contributed by atoms with E-state index in [0.29, 0.717) is 11.8 Å². The molecule has 0 bridgehead atoms. The molecule has 0 saturated carbocycles. The summed E-state index contributed by atoms with van der Waals surface area (Å²) in [6.07, 6.45) is 0. The van der Waals surface area contributed by atoms with Crippen LogP contribution in [0.5, 0.6) is 5.75 Å². The van der Waals surface area contributed by atoms with Crippen molar-refractivity contribution in [3.05, 3.63) is 29.3 Å². The predicted molar refractivity (Wildman–Crippen MR) is 76.5 cm³/mol. The van der Waals surface area contributed by atoms with E-state index in [0.717, 1.165) is 17.6 Å². The first-order valence-electron chi connectivity index (χ1n) is 6.25. The Kier molecular flexibility index (Phi) is 6.41. The maximum atomic E-state index is 5.97. The van der Waals surface area contributed by atoms with Crippen molar-refractivity contribution in [2.45, 2.75) is 44.8 Å². The van der Waals surface area contributed by atoms with Crippen molar-refractivity contribution in [3.8, 4) is 5.75 Å².